The van der Waals surface area contributed by atoms with Crippen LogP contribution in [-0.2, 0) is 6.54 Å². The van der Waals surface area contributed by atoms with Crippen LogP contribution in [0.4, 0.5) is 0 Å². The van der Waals surface area contributed by atoms with E-state index >= 15 is 0 Å². The van der Waals surface area contributed by atoms with Gasteiger partial charge in [-0.05, 0) is 18.9 Å². The summed E-state index contributed by atoms with van der Waals surface area (Å²) in [5.74, 6) is -0.702. The number of hydrogen-bond donors (Lipinski definition) is 1. The SMILES string of the molecule is CCC(C)Cn1cc(C(C)=O)cc1C(=O)O. The molecule has 0 amide bonds. The minimum absolute atomic E-state index is 0.106. The second-order valence-corrected chi connectivity index (χ2v) is 4.14. The van der Waals surface area contributed by atoms with Crippen molar-refractivity contribution in [2.45, 2.75) is 33.7 Å². The van der Waals surface area contributed by atoms with Crippen molar-refractivity contribution in [1.82, 2.24) is 4.57 Å². The van der Waals surface area contributed by atoms with E-state index in [1.54, 1.807) is 10.8 Å². The van der Waals surface area contributed by atoms with Crippen molar-refractivity contribution in [2.24, 2.45) is 5.92 Å². The predicted octanol–water partition coefficient (Wildman–Crippen LogP) is 2.44. The number of nitrogens with zero attached hydrogens (tertiary/aromatic N) is 1. The van der Waals surface area contributed by atoms with Crippen molar-refractivity contribution in [1.29, 1.82) is 0 Å². The summed E-state index contributed by atoms with van der Waals surface area (Å²) in [6.45, 7) is 6.18. The Morgan fingerprint density at radius 2 is 2.12 bits per heavy atom. The number of carbonyl (C=O) groups excluding carboxylic acids is 1. The molecule has 4 nitrogen and oxygen atoms in total. The van der Waals surface area contributed by atoms with Crippen molar-refractivity contribution in [2.75, 3.05) is 0 Å². The topological polar surface area (TPSA) is 59.3 Å². The predicted molar refractivity (Wildman–Crippen MR) is 60.9 cm³/mol. The molecule has 0 fully saturated rings. The minimum atomic E-state index is -0.990. The van der Waals surface area contributed by atoms with Gasteiger partial charge in [-0.1, -0.05) is 20.3 Å². The molecule has 1 heterocycles. The van der Waals surface area contributed by atoms with Gasteiger partial charge in [0.2, 0.25) is 0 Å². The van der Waals surface area contributed by atoms with Gasteiger partial charge in [-0.3, -0.25) is 4.79 Å². The highest BCUT2D eigenvalue weighted by atomic mass is 16.4. The van der Waals surface area contributed by atoms with Gasteiger partial charge in [-0.2, -0.15) is 0 Å². The van der Waals surface area contributed by atoms with Crippen LogP contribution in [0.2, 0.25) is 0 Å². The maximum atomic E-state index is 11.2. The Bertz CT molecular complexity index is 406. The maximum absolute atomic E-state index is 11.2. The molecule has 0 aliphatic rings. The number of carbonyl (C=O) groups is 2. The lowest BCUT2D eigenvalue weighted by Gasteiger charge is -2.11. The van der Waals surface area contributed by atoms with E-state index in [0.717, 1.165) is 6.42 Å². The molecule has 0 spiro atoms. The molecule has 16 heavy (non-hydrogen) atoms. The number of aromatic carboxylic acids is 1. The second kappa shape index (κ2) is 4.96. The summed E-state index contributed by atoms with van der Waals surface area (Å²) in [7, 11) is 0. The zero-order chi connectivity index (χ0) is 12.3. The molecule has 0 saturated carbocycles. The van der Waals surface area contributed by atoms with Gasteiger partial charge < -0.3 is 9.67 Å². The smallest absolute Gasteiger partial charge is 0.352 e. The number of carboxylic acid groups (broad SMARTS) is 1. The van der Waals surface area contributed by atoms with Gasteiger partial charge in [-0.25, -0.2) is 4.79 Å². The highest BCUT2D eigenvalue weighted by Crippen LogP contribution is 2.13. The molecule has 88 valence electrons. The molecule has 1 aromatic rings. The zero-order valence-electron chi connectivity index (χ0n) is 9.86. The third kappa shape index (κ3) is 2.72. The summed E-state index contributed by atoms with van der Waals surface area (Å²) < 4.78 is 1.65. The van der Waals surface area contributed by atoms with Gasteiger partial charge in [0.25, 0.3) is 0 Å². The molecular weight excluding hydrogens is 206 g/mol. The van der Waals surface area contributed by atoms with Crippen molar-refractivity contribution in [3.63, 3.8) is 0 Å². The Labute approximate surface area is 94.9 Å². The molecule has 0 aliphatic carbocycles. The number of rotatable bonds is 5. The van der Waals surface area contributed by atoms with Crippen LogP contribution in [-0.4, -0.2) is 21.4 Å². The second-order valence-electron chi connectivity index (χ2n) is 4.14. The highest BCUT2D eigenvalue weighted by molar-refractivity contribution is 5.97. The Kier molecular flexibility index (Phi) is 3.88. The number of hydrogen-bond acceptors (Lipinski definition) is 2. The highest BCUT2D eigenvalue weighted by Gasteiger charge is 2.15. The van der Waals surface area contributed by atoms with Crippen molar-refractivity contribution in [3.05, 3.63) is 23.5 Å². The standard InChI is InChI=1S/C12H17NO3/c1-4-8(2)6-13-7-10(9(3)14)5-11(13)12(15)16/h5,7-8H,4,6H2,1-3H3,(H,15,16). The monoisotopic (exact) mass is 223 g/mol. The van der Waals surface area contributed by atoms with Gasteiger partial charge in [0.1, 0.15) is 5.69 Å². The normalized spacial score (nSPS) is 12.4. The van der Waals surface area contributed by atoms with Gasteiger partial charge in [-0.15, -0.1) is 0 Å². The first kappa shape index (κ1) is 12.5. The summed E-state index contributed by atoms with van der Waals surface area (Å²) in [5, 5.41) is 9.01. The summed E-state index contributed by atoms with van der Waals surface area (Å²) in [4.78, 5) is 22.2. The van der Waals surface area contributed by atoms with Crippen LogP contribution in [0.5, 0.6) is 0 Å². The molecule has 1 N–H and O–H groups in total. The fraction of sp³-hybridized carbons (Fsp3) is 0.500. The first-order chi connectivity index (χ1) is 7.45. The van der Waals surface area contributed by atoms with Gasteiger partial charge in [0.05, 0.1) is 0 Å². The van der Waals surface area contributed by atoms with Gasteiger partial charge >= 0.3 is 5.97 Å². The first-order valence-electron chi connectivity index (χ1n) is 5.40. The summed E-state index contributed by atoms with van der Waals surface area (Å²) in [6, 6.07) is 1.44. The van der Waals surface area contributed by atoms with E-state index in [4.69, 9.17) is 5.11 Å². The van der Waals surface area contributed by atoms with Crippen LogP contribution < -0.4 is 0 Å². The van der Waals surface area contributed by atoms with E-state index in [1.165, 1.54) is 13.0 Å². The third-order valence-corrected chi connectivity index (χ3v) is 2.73. The molecule has 0 saturated heterocycles. The van der Waals surface area contributed by atoms with Crippen LogP contribution in [0, 0.1) is 5.92 Å². The number of carboxylic acids is 1. The molecule has 4 heteroatoms. The van der Waals surface area contributed by atoms with Gasteiger partial charge in [0, 0.05) is 18.3 Å². The molecule has 1 atom stereocenters. The Hall–Kier alpha value is -1.58. The summed E-state index contributed by atoms with van der Waals surface area (Å²) in [5.41, 5.74) is 0.645. The zero-order valence-corrected chi connectivity index (χ0v) is 9.86. The number of aromatic nitrogens is 1. The number of ketones is 1. The molecular formula is C12H17NO3. The van der Waals surface area contributed by atoms with Crippen LogP contribution in [0.15, 0.2) is 12.3 Å². The Morgan fingerprint density at radius 1 is 1.50 bits per heavy atom. The van der Waals surface area contributed by atoms with Crippen LogP contribution in [0.3, 0.4) is 0 Å². The maximum Gasteiger partial charge on any atom is 0.352 e. The van der Waals surface area contributed by atoms with Crippen molar-refractivity contribution < 1.29 is 14.7 Å². The lowest BCUT2D eigenvalue weighted by atomic mass is 10.1. The average Bonchev–Trinajstić information content (AvgIpc) is 2.61. The number of Topliss-reactive ketones (excluding diaryl/α,β-unsaturated/α-hetero) is 1. The van der Waals surface area contributed by atoms with Crippen LogP contribution in [0.1, 0.15) is 48.0 Å². The van der Waals surface area contributed by atoms with Crippen molar-refractivity contribution in [3.8, 4) is 0 Å². The van der Waals surface area contributed by atoms with E-state index in [9.17, 15) is 9.59 Å². The molecule has 0 aromatic carbocycles. The van der Waals surface area contributed by atoms with E-state index in [1.807, 2.05) is 0 Å². The van der Waals surface area contributed by atoms with E-state index in [2.05, 4.69) is 13.8 Å². The van der Waals surface area contributed by atoms with E-state index < -0.39 is 5.97 Å². The fourth-order valence-corrected chi connectivity index (χ4v) is 1.50. The van der Waals surface area contributed by atoms with Crippen molar-refractivity contribution >= 4 is 11.8 Å². The Morgan fingerprint density at radius 3 is 2.56 bits per heavy atom. The third-order valence-electron chi connectivity index (χ3n) is 2.73. The van der Waals surface area contributed by atoms with Gasteiger partial charge in [0.15, 0.2) is 5.78 Å². The first-order valence-corrected chi connectivity index (χ1v) is 5.40. The molecule has 0 aliphatic heterocycles. The summed E-state index contributed by atoms with van der Waals surface area (Å²) >= 11 is 0. The fourth-order valence-electron chi connectivity index (χ4n) is 1.50. The molecule has 1 aromatic heterocycles. The molecule has 0 radical (unpaired) electrons. The van der Waals surface area contributed by atoms with Crippen LogP contribution >= 0.6 is 0 Å². The van der Waals surface area contributed by atoms with Crippen LogP contribution in [0.25, 0.3) is 0 Å². The lowest BCUT2D eigenvalue weighted by Crippen LogP contribution is -2.12. The average molecular weight is 223 g/mol. The lowest BCUT2D eigenvalue weighted by molar-refractivity contribution is 0.0684. The van der Waals surface area contributed by atoms with E-state index in [-0.39, 0.29) is 11.5 Å². The molecule has 1 rings (SSSR count). The quantitative estimate of drug-likeness (QED) is 0.780. The summed E-state index contributed by atoms with van der Waals surface area (Å²) in [6.07, 6.45) is 2.60. The molecule has 1 unspecified atom stereocenters. The molecule has 0 bridgehead atoms. The minimum Gasteiger partial charge on any atom is -0.477 e. The van der Waals surface area contributed by atoms with E-state index in [0.29, 0.717) is 18.0 Å². The Balaban J connectivity index is 3.05. The largest absolute Gasteiger partial charge is 0.477 e.